The predicted molar refractivity (Wildman–Crippen MR) is 80.2 cm³/mol. The van der Waals surface area contributed by atoms with Crippen molar-refractivity contribution in [3.05, 3.63) is 54.2 Å². The van der Waals surface area contributed by atoms with E-state index in [1.165, 1.54) is 0 Å². The van der Waals surface area contributed by atoms with E-state index >= 15 is 0 Å². The van der Waals surface area contributed by atoms with Crippen LogP contribution in [0.1, 0.15) is 5.56 Å². The Morgan fingerprint density at radius 2 is 2.05 bits per heavy atom. The molecule has 4 heteroatoms. The Labute approximate surface area is 116 Å². The highest BCUT2D eigenvalue weighted by molar-refractivity contribution is 5.88. The quantitative estimate of drug-likeness (QED) is 0.711. The molecule has 0 aliphatic heterocycles. The lowest BCUT2D eigenvalue weighted by molar-refractivity contribution is 0.407. The fraction of sp³-hybridized carbons (Fsp3) is 0.0625. The number of aromatic nitrogens is 1. The van der Waals surface area contributed by atoms with Crippen LogP contribution in [0.4, 0.5) is 5.69 Å². The Kier molecular flexibility index (Phi) is 3.13. The van der Waals surface area contributed by atoms with Crippen LogP contribution in [0.15, 0.2) is 53.7 Å². The molecule has 0 fully saturated rings. The second-order valence-corrected chi connectivity index (χ2v) is 4.43. The van der Waals surface area contributed by atoms with Crippen LogP contribution in [0.5, 0.6) is 11.5 Å². The number of ether oxygens (including phenoxy) is 1. The first kappa shape index (κ1) is 12.3. The van der Waals surface area contributed by atoms with Gasteiger partial charge in [0.15, 0.2) is 0 Å². The second kappa shape index (κ2) is 5.09. The van der Waals surface area contributed by atoms with Gasteiger partial charge in [-0.05, 0) is 35.7 Å². The zero-order valence-electron chi connectivity index (χ0n) is 11.0. The van der Waals surface area contributed by atoms with Gasteiger partial charge < -0.3 is 14.8 Å². The number of fused-ring (bicyclic) bond motifs is 1. The second-order valence-electron chi connectivity index (χ2n) is 4.43. The number of rotatable bonds is 3. The standard InChI is InChI=1S/C16H14N2O2/c1-20-16-9-14(19)5-3-12(16)10-18-13-4-2-11-6-7-17-15(11)8-13/h2-10,17,19H,1H3. The molecule has 0 saturated carbocycles. The number of hydrogen-bond acceptors (Lipinski definition) is 3. The molecule has 0 amide bonds. The normalized spacial score (nSPS) is 11.2. The minimum absolute atomic E-state index is 0.173. The Morgan fingerprint density at radius 1 is 1.15 bits per heavy atom. The molecule has 3 aromatic rings. The molecule has 20 heavy (non-hydrogen) atoms. The van der Waals surface area contributed by atoms with Crippen molar-refractivity contribution in [2.45, 2.75) is 0 Å². The summed E-state index contributed by atoms with van der Waals surface area (Å²) in [5, 5.41) is 10.6. The van der Waals surface area contributed by atoms with Crippen LogP contribution in [-0.2, 0) is 0 Å². The average molecular weight is 266 g/mol. The SMILES string of the molecule is COc1cc(O)ccc1C=Nc1ccc2cc[nH]c2c1. The number of phenolic OH excluding ortho intramolecular Hbond substituents is 1. The molecule has 2 N–H and O–H groups in total. The molecule has 0 bridgehead atoms. The number of H-pyrrole nitrogens is 1. The van der Waals surface area contributed by atoms with Crippen molar-refractivity contribution in [3.63, 3.8) is 0 Å². The molecular weight excluding hydrogens is 252 g/mol. The lowest BCUT2D eigenvalue weighted by atomic mass is 10.2. The first-order chi connectivity index (χ1) is 9.76. The zero-order chi connectivity index (χ0) is 13.9. The highest BCUT2D eigenvalue weighted by Gasteiger charge is 2.02. The first-order valence-corrected chi connectivity index (χ1v) is 6.24. The molecule has 0 radical (unpaired) electrons. The molecule has 2 aromatic carbocycles. The average Bonchev–Trinajstić information content (AvgIpc) is 2.93. The number of phenols is 1. The zero-order valence-corrected chi connectivity index (χ0v) is 11.0. The molecule has 0 aliphatic rings. The van der Waals surface area contributed by atoms with Crippen molar-refractivity contribution in [1.82, 2.24) is 4.98 Å². The number of benzene rings is 2. The maximum Gasteiger partial charge on any atom is 0.131 e. The van der Waals surface area contributed by atoms with Crippen LogP contribution in [0.25, 0.3) is 10.9 Å². The van der Waals surface area contributed by atoms with Gasteiger partial charge in [0, 0.05) is 29.6 Å². The lowest BCUT2D eigenvalue weighted by Gasteiger charge is -2.04. The van der Waals surface area contributed by atoms with Crippen LogP contribution in [-0.4, -0.2) is 23.4 Å². The number of nitrogens with zero attached hydrogens (tertiary/aromatic N) is 1. The molecule has 0 spiro atoms. The summed E-state index contributed by atoms with van der Waals surface area (Å²) < 4.78 is 5.22. The van der Waals surface area contributed by atoms with Gasteiger partial charge in [-0.2, -0.15) is 0 Å². The molecule has 100 valence electrons. The monoisotopic (exact) mass is 266 g/mol. The molecule has 0 aliphatic carbocycles. The molecule has 3 rings (SSSR count). The van der Waals surface area contributed by atoms with E-state index in [0.29, 0.717) is 5.75 Å². The van der Waals surface area contributed by atoms with Crippen LogP contribution in [0.3, 0.4) is 0 Å². The third-order valence-electron chi connectivity index (χ3n) is 3.11. The number of hydrogen-bond donors (Lipinski definition) is 2. The molecule has 0 unspecified atom stereocenters. The number of aromatic hydroxyl groups is 1. The first-order valence-electron chi connectivity index (χ1n) is 6.24. The van der Waals surface area contributed by atoms with E-state index in [1.807, 2.05) is 30.5 Å². The largest absolute Gasteiger partial charge is 0.508 e. The van der Waals surface area contributed by atoms with Crippen LogP contribution in [0, 0.1) is 0 Å². The van der Waals surface area contributed by atoms with Gasteiger partial charge in [0.1, 0.15) is 11.5 Å². The Bertz CT molecular complexity index is 775. The summed E-state index contributed by atoms with van der Waals surface area (Å²) in [7, 11) is 1.57. The number of aromatic amines is 1. The number of methoxy groups -OCH3 is 1. The summed E-state index contributed by atoms with van der Waals surface area (Å²) in [4.78, 5) is 7.59. The summed E-state index contributed by atoms with van der Waals surface area (Å²) in [6.07, 6.45) is 3.63. The third kappa shape index (κ3) is 2.36. The van der Waals surface area contributed by atoms with Gasteiger partial charge in [-0.1, -0.05) is 6.07 Å². The fourth-order valence-corrected chi connectivity index (χ4v) is 2.07. The van der Waals surface area contributed by atoms with E-state index in [4.69, 9.17) is 4.74 Å². The minimum Gasteiger partial charge on any atom is -0.508 e. The van der Waals surface area contributed by atoms with Gasteiger partial charge in [-0.25, -0.2) is 0 Å². The molecule has 1 heterocycles. The van der Waals surface area contributed by atoms with Gasteiger partial charge in [0.05, 0.1) is 12.8 Å². The molecular formula is C16H14N2O2. The van der Waals surface area contributed by atoms with Crippen molar-refractivity contribution in [3.8, 4) is 11.5 Å². The molecule has 0 atom stereocenters. The van der Waals surface area contributed by atoms with Crippen molar-refractivity contribution in [2.75, 3.05) is 7.11 Å². The fourth-order valence-electron chi connectivity index (χ4n) is 2.07. The van der Waals surface area contributed by atoms with E-state index in [2.05, 4.69) is 9.98 Å². The predicted octanol–water partition coefficient (Wildman–Crippen LogP) is 3.63. The lowest BCUT2D eigenvalue weighted by Crippen LogP contribution is -1.90. The smallest absolute Gasteiger partial charge is 0.131 e. The van der Waals surface area contributed by atoms with Gasteiger partial charge >= 0.3 is 0 Å². The van der Waals surface area contributed by atoms with Crippen molar-refractivity contribution in [1.29, 1.82) is 0 Å². The van der Waals surface area contributed by atoms with E-state index in [1.54, 1.807) is 31.5 Å². The summed E-state index contributed by atoms with van der Waals surface area (Å²) in [6.45, 7) is 0. The van der Waals surface area contributed by atoms with Gasteiger partial charge in [-0.3, -0.25) is 4.99 Å². The highest BCUT2D eigenvalue weighted by Crippen LogP contribution is 2.24. The summed E-state index contributed by atoms with van der Waals surface area (Å²) in [5.74, 6) is 0.765. The third-order valence-corrected chi connectivity index (χ3v) is 3.11. The summed E-state index contributed by atoms with van der Waals surface area (Å²) in [5.41, 5.74) is 2.73. The van der Waals surface area contributed by atoms with Crippen LogP contribution >= 0.6 is 0 Å². The van der Waals surface area contributed by atoms with Crippen molar-refractivity contribution < 1.29 is 9.84 Å². The maximum atomic E-state index is 9.42. The number of nitrogens with one attached hydrogen (secondary N) is 1. The molecule has 0 saturated heterocycles. The van der Waals surface area contributed by atoms with Crippen LogP contribution < -0.4 is 4.74 Å². The molecule has 4 nitrogen and oxygen atoms in total. The Balaban J connectivity index is 1.93. The van der Waals surface area contributed by atoms with Crippen molar-refractivity contribution >= 4 is 22.8 Å². The van der Waals surface area contributed by atoms with Crippen molar-refractivity contribution in [2.24, 2.45) is 4.99 Å². The van der Waals surface area contributed by atoms with Gasteiger partial charge in [0.2, 0.25) is 0 Å². The van der Waals surface area contributed by atoms with E-state index in [9.17, 15) is 5.11 Å². The molecule has 1 aromatic heterocycles. The van der Waals surface area contributed by atoms with E-state index in [0.717, 1.165) is 22.2 Å². The van der Waals surface area contributed by atoms with E-state index < -0.39 is 0 Å². The van der Waals surface area contributed by atoms with Gasteiger partial charge in [0.25, 0.3) is 0 Å². The topological polar surface area (TPSA) is 57.6 Å². The minimum atomic E-state index is 0.173. The van der Waals surface area contributed by atoms with E-state index in [-0.39, 0.29) is 5.75 Å². The summed E-state index contributed by atoms with van der Waals surface area (Å²) in [6, 6.07) is 12.9. The maximum absolute atomic E-state index is 9.42. The van der Waals surface area contributed by atoms with Crippen LogP contribution in [0.2, 0.25) is 0 Å². The Morgan fingerprint density at radius 3 is 2.90 bits per heavy atom. The van der Waals surface area contributed by atoms with Gasteiger partial charge in [-0.15, -0.1) is 0 Å². The Hall–Kier alpha value is -2.75. The summed E-state index contributed by atoms with van der Waals surface area (Å²) >= 11 is 0. The number of aliphatic imine (C=N–C) groups is 1. The highest BCUT2D eigenvalue weighted by atomic mass is 16.5.